The maximum atomic E-state index is 13.1. The van der Waals surface area contributed by atoms with E-state index in [1.54, 1.807) is 12.1 Å². The Morgan fingerprint density at radius 2 is 1.95 bits per heavy atom. The highest BCUT2D eigenvalue weighted by molar-refractivity contribution is 5.98. The third-order valence-electron chi connectivity index (χ3n) is 5.06. The van der Waals surface area contributed by atoms with E-state index in [9.17, 15) is 4.39 Å². The summed E-state index contributed by atoms with van der Waals surface area (Å²) in [6.45, 7) is 5.38. The summed E-state index contributed by atoms with van der Waals surface area (Å²) in [5, 5.41) is 0. The molecule has 4 heteroatoms. The number of hydrogen-bond acceptors (Lipinski definition) is 3. The molecule has 1 aliphatic heterocycles. The van der Waals surface area contributed by atoms with Crippen molar-refractivity contribution in [1.29, 1.82) is 0 Å². The highest BCUT2D eigenvalue weighted by atomic mass is 19.1. The van der Waals surface area contributed by atoms with Crippen LogP contribution in [0.15, 0.2) is 29.3 Å². The van der Waals surface area contributed by atoms with Gasteiger partial charge in [0.05, 0.1) is 12.1 Å². The highest BCUT2D eigenvalue weighted by Crippen LogP contribution is 2.44. The van der Waals surface area contributed by atoms with Crippen molar-refractivity contribution in [1.82, 2.24) is 0 Å². The SMILES string of the molecule is CC1CCC2(CN=C(N)N2c2ccc(F)cc2)CC1C. The second-order valence-corrected chi connectivity index (χ2v) is 6.41. The van der Waals surface area contributed by atoms with Gasteiger partial charge in [0.1, 0.15) is 5.82 Å². The van der Waals surface area contributed by atoms with Crippen LogP contribution in [-0.2, 0) is 0 Å². The predicted octanol–water partition coefficient (Wildman–Crippen LogP) is 3.16. The van der Waals surface area contributed by atoms with Gasteiger partial charge in [0.15, 0.2) is 5.96 Å². The minimum atomic E-state index is -0.219. The minimum Gasteiger partial charge on any atom is -0.369 e. The summed E-state index contributed by atoms with van der Waals surface area (Å²) in [5.41, 5.74) is 7.06. The summed E-state index contributed by atoms with van der Waals surface area (Å²) in [6, 6.07) is 6.58. The lowest BCUT2D eigenvalue weighted by atomic mass is 9.70. The lowest BCUT2D eigenvalue weighted by Gasteiger charge is -2.46. The van der Waals surface area contributed by atoms with Crippen molar-refractivity contribution in [3.63, 3.8) is 0 Å². The van der Waals surface area contributed by atoms with Gasteiger partial charge < -0.3 is 10.6 Å². The van der Waals surface area contributed by atoms with Crippen molar-refractivity contribution < 1.29 is 4.39 Å². The van der Waals surface area contributed by atoms with E-state index in [1.165, 1.54) is 18.6 Å². The first-order valence-electron chi connectivity index (χ1n) is 7.37. The van der Waals surface area contributed by atoms with Gasteiger partial charge in [-0.05, 0) is 55.4 Å². The Balaban J connectivity index is 1.94. The van der Waals surface area contributed by atoms with Crippen molar-refractivity contribution in [3.8, 4) is 0 Å². The fourth-order valence-electron chi connectivity index (χ4n) is 3.64. The highest BCUT2D eigenvalue weighted by Gasteiger charge is 2.46. The molecule has 0 saturated heterocycles. The number of guanidine groups is 1. The van der Waals surface area contributed by atoms with Gasteiger partial charge in [0, 0.05) is 5.69 Å². The average molecular weight is 275 g/mol. The normalized spacial score (nSPS) is 33.5. The van der Waals surface area contributed by atoms with Gasteiger partial charge in [-0.15, -0.1) is 0 Å². The van der Waals surface area contributed by atoms with E-state index < -0.39 is 0 Å². The van der Waals surface area contributed by atoms with E-state index in [1.807, 2.05) is 0 Å². The van der Waals surface area contributed by atoms with Gasteiger partial charge in [-0.1, -0.05) is 13.8 Å². The molecule has 0 aromatic heterocycles. The molecular weight excluding hydrogens is 253 g/mol. The van der Waals surface area contributed by atoms with E-state index >= 15 is 0 Å². The number of benzene rings is 1. The van der Waals surface area contributed by atoms with Crippen molar-refractivity contribution in [2.45, 2.75) is 38.6 Å². The molecule has 1 aromatic rings. The molecule has 0 bridgehead atoms. The van der Waals surface area contributed by atoms with Crippen LogP contribution in [-0.4, -0.2) is 18.0 Å². The molecule has 1 saturated carbocycles. The molecule has 1 aromatic carbocycles. The van der Waals surface area contributed by atoms with Gasteiger partial charge in [-0.2, -0.15) is 0 Å². The van der Waals surface area contributed by atoms with Crippen LogP contribution in [0.5, 0.6) is 0 Å². The average Bonchev–Trinajstić information content (AvgIpc) is 2.73. The third kappa shape index (κ3) is 2.07. The number of anilines is 1. The van der Waals surface area contributed by atoms with Gasteiger partial charge >= 0.3 is 0 Å². The summed E-state index contributed by atoms with van der Waals surface area (Å²) in [4.78, 5) is 6.61. The van der Waals surface area contributed by atoms with E-state index in [0.717, 1.165) is 31.0 Å². The standard InChI is InChI=1S/C16H22FN3/c1-11-7-8-16(9-12(11)2)10-19-15(18)20(16)14-5-3-13(17)4-6-14/h3-6,11-12H,7-10H2,1-2H3,(H2,18,19). The van der Waals surface area contributed by atoms with Crippen LogP contribution < -0.4 is 10.6 Å². The zero-order chi connectivity index (χ0) is 14.3. The predicted molar refractivity (Wildman–Crippen MR) is 80.3 cm³/mol. The molecule has 108 valence electrons. The Morgan fingerprint density at radius 3 is 2.60 bits per heavy atom. The number of aliphatic imine (C=N–C) groups is 1. The van der Waals surface area contributed by atoms with Gasteiger partial charge in [-0.3, -0.25) is 4.99 Å². The second-order valence-electron chi connectivity index (χ2n) is 6.41. The van der Waals surface area contributed by atoms with Crippen LogP contribution in [0, 0.1) is 17.7 Å². The molecule has 2 N–H and O–H groups in total. The first kappa shape index (κ1) is 13.4. The molecule has 3 nitrogen and oxygen atoms in total. The summed E-state index contributed by atoms with van der Waals surface area (Å²) >= 11 is 0. The molecule has 1 spiro atoms. The van der Waals surface area contributed by atoms with E-state index in [4.69, 9.17) is 5.73 Å². The van der Waals surface area contributed by atoms with Crippen LogP contribution in [0.2, 0.25) is 0 Å². The number of nitrogens with zero attached hydrogens (tertiary/aromatic N) is 2. The molecule has 3 unspecified atom stereocenters. The van der Waals surface area contributed by atoms with E-state index in [2.05, 4.69) is 23.7 Å². The lowest BCUT2D eigenvalue weighted by Crippen LogP contribution is -2.55. The summed E-state index contributed by atoms with van der Waals surface area (Å²) < 4.78 is 13.1. The Morgan fingerprint density at radius 1 is 1.25 bits per heavy atom. The first-order chi connectivity index (χ1) is 9.52. The Hall–Kier alpha value is -1.58. The topological polar surface area (TPSA) is 41.6 Å². The maximum Gasteiger partial charge on any atom is 0.196 e. The number of hydrogen-bond donors (Lipinski definition) is 1. The zero-order valence-electron chi connectivity index (χ0n) is 12.1. The van der Waals surface area contributed by atoms with Crippen molar-refractivity contribution in [2.75, 3.05) is 11.4 Å². The minimum absolute atomic E-state index is 0.00611. The molecule has 1 heterocycles. The van der Waals surface area contributed by atoms with E-state index in [0.29, 0.717) is 11.9 Å². The van der Waals surface area contributed by atoms with E-state index in [-0.39, 0.29) is 11.4 Å². The molecule has 3 atom stereocenters. The van der Waals surface area contributed by atoms with Crippen LogP contribution in [0.25, 0.3) is 0 Å². The van der Waals surface area contributed by atoms with Crippen molar-refractivity contribution >= 4 is 11.6 Å². The third-order valence-corrected chi connectivity index (χ3v) is 5.06. The molecule has 3 rings (SSSR count). The van der Waals surface area contributed by atoms with Crippen molar-refractivity contribution in [3.05, 3.63) is 30.1 Å². The Kier molecular flexibility index (Phi) is 3.19. The van der Waals surface area contributed by atoms with Crippen molar-refractivity contribution in [2.24, 2.45) is 22.6 Å². The van der Waals surface area contributed by atoms with Crippen LogP contribution in [0.3, 0.4) is 0 Å². The van der Waals surface area contributed by atoms with Crippen LogP contribution >= 0.6 is 0 Å². The molecule has 1 fully saturated rings. The fraction of sp³-hybridized carbons (Fsp3) is 0.562. The van der Waals surface area contributed by atoms with Crippen LogP contribution in [0.1, 0.15) is 33.1 Å². The first-order valence-corrected chi connectivity index (χ1v) is 7.37. The monoisotopic (exact) mass is 275 g/mol. The maximum absolute atomic E-state index is 13.1. The zero-order valence-corrected chi connectivity index (χ0v) is 12.1. The molecule has 2 aliphatic rings. The van der Waals surface area contributed by atoms with Gasteiger partial charge in [-0.25, -0.2) is 4.39 Å². The second kappa shape index (κ2) is 4.76. The summed E-state index contributed by atoms with van der Waals surface area (Å²) in [7, 11) is 0. The lowest BCUT2D eigenvalue weighted by molar-refractivity contribution is 0.189. The number of rotatable bonds is 1. The number of nitrogens with two attached hydrogens (primary N) is 1. The Labute approximate surface area is 119 Å². The molecular formula is C16H22FN3. The Bertz CT molecular complexity index is 525. The smallest absolute Gasteiger partial charge is 0.196 e. The molecule has 0 amide bonds. The number of halogens is 1. The molecule has 0 radical (unpaired) electrons. The molecule has 1 aliphatic carbocycles. The summed E-state index contributed by atoms with van der Waals surface area (Å²) in [6.07, 6.45) is 3.39. The van der Waals surface area contributed by atoms with Gasteiger partial charge in [0.25, 0.3) is 0 Å². The van der Waals surface area contributed by atoms with Gasteiger partial charge in [0.2, 0.25) is 0 Å². The largest absolute Gasteiger partial charge is 0.369 e. The summed E-state index contributed by atoms with van der Waals surface area (Å²) in [5.74, 6) is 1.76. The fourth-order valence-corrected chi connectivity index (χ4v) is 3.64. The quantitative estimate of drug-likeness (QED) is 0.855. The molecule has 20 heavy (non-hydrogen) atoms. The van der Waals surface area contributed by atoms with Crippen LogP contribution in [0.4, 0.5) is 10.1 Å².